The molecule has 39 heavy (non-hydrogen) atoms. The van der Waals surface area contributed by atoms with Gasteiger partial charge in [-0.05, 0) is 76.1 Å². The van der Waals surface area contributed by atoms with E-state index in [0.29, 0.717) is 17.0 Å². The summed E-state index contributed by atoms with van der Waals surface area (Å²) < 4.78 is 34.2. The second kappa shape index (κ2) is 12.8. The number of nitrogens with zero attached hydrogens (tertiary/aromatic N) is 2. The average molecular weight is 552 g/mol. The third-order valence-electron chi connectivity index (χ3n) is 6.32. The quantitative estimate of drug-likeness (QED) is 0.380. The molecule has 0 saturated heterocycles. The summed E-state index contributed by atoms with van der Waals surface area (Å²) in [7, 11) is -2.55. The lowest BCUT2D eigenvalue weighted by Crippen LogP contribution is -2.52. The lowest BCUT2D eigenvalue weighted by Gasteiger charge is -2.32. The van der Waals surface area contributed by atoms with Crippen LogP contribution in [0.15, 0.2) is 77.7 Å². The molecule has 3 rings (SSSR count). The zero-order chi connectivity index (χ0) is 28.7. The number of benzene rings is 3. The van der Waals surface area contributed by atoms with Gasteiger partial charge < -0.3 is 15.0 Å². The normalized spacial score (nSPS) is 12.1. The minimum absolute atomic E-state index is 0.0720. The molecule has 0 saturated carbocycles. The third kappa shape index (κ3) is 7.38. The Balaban J connectivity index is 2.06. The average Bonchev–Trinajstić information content (AvgIpc) is 2.90. The van der Waals surface area contributed by atoms with Crippen LogP contribution in [0, 0.1) is 13.8 Å². The van der Waals surface area contributed by atoms with E-state index in [0.717, 1.165) is 15.4 Å². The van der Waals surface area contributed by atoms with Gasteiger partial charge >= 0.3 is 0 Å². The number of sulfonamides is 1. The maximum absolute atomic E-state index is 14.0. The molecule has 0 aliphatic heterocycles. The van der Waals surface area contributed by atoms with Gasteiger partial charge in [0.2, 0.25) is 11.8 Å². The number of carbonyl (C=O) groups is 2. The van der Waals surface area contributed by atoms with E-state index in [-0.39, 0.29) is 23.4 Å². The highest BCUT2D eigenvalue weighted by molar-refractivity contribution is 7.92. The molecule has 9 heteroatoms. The van der Waals surface area contributed by atoms with E-state index in [2.05, 4.69) is 5.32 Å². The maximum atomic E-state index is 14.0. The van der Waals surface area contributed by atoms with Crippen molar-refractivity contribution < 1.29 is 22.7 Å². The first-order valence-electron chi connectivity index (χ1n) is 12.8. The highest BCUT2D eigenvalue weighted by Gasteiger charge is 2.33. The van der Waals surface area contributed by atoms with Crippen LogP contribution in [0.2, 0.25) is 0 Å². The van der Waals surface area contributed by atoms with Crippen molar-refractivity contribution in [3.8, 4) is 5.75 Å². The molecule has 0 aliphatic rings. The Morgan fingerprint density at radius 2 is 1.62 bits per heavy atom. The fourth-order valence-electron chi connectivity index (χ4n) is 4.27. The molecule has 0 aliphatic carbocycles. The van der Waals surface area contributed by atoms with Crippen LogP contribution < -0.4 is 14.4 Å². The van der Waals surface area contributed by atoms with Crippen LogP contribution in [-0.2, 0) is 26.2 Å². The third-order valence-corrected chi connectivity index (χ3v) is 8.09. The van der Waals surface area contributed by atoms with Gasteiger partial charge in [0.1, 0.15) is 18.3 Å². The van der Waals surface area contributed by atoms with Crippen molar-refractivity contribution in [3.63, 3.8) is 0 Å². The van der Waals surface area contributed by atoms with E-state index in [1.807, 2.05) is 45.9 Å². The van der Waals surface area contributed by atoms with Gasteiger partial charge in [-0.15, -0.1) is 0 Å². The molecule has 2 amide bonds. The lowest BCUT2D eigenvalue weighted by atomic mass is 10.1. The number of anilines is 1. The molecule has 0 aromatic heterocycles. The van der Waals surface area contributed by atoms with Gasteiger partial charge in [-0.1, -0.05) is 48.0 Å². The minimum Gasteiger partial charge on any atom is -0.497 e. The SMILES string of the molecule is COc1cccc(CN(C(=O)CN(c2ccc(C)cc2C)S(=O)(=O)c2ccccc2)C(C)C(=O)NC(C)C)c1. The van der Waals surface area contributed by atoms with Crippen LogP contribution in [0.1, 0.15) is 37.5 Å². The van der Waals surface area contributed by atoms with Crippen molar-refractivity contribution in [1.29, 1.82) is 0 Å². The van der Waals surface area contributed by atoms with Gasteiger partial charge in [0.15, 0.2) is 0 Å². The Bertz CT molecular complexity index is 1410. The Morgan fingerprint density at radius 1 is 0.923 bits per heavy atom. The summed E-state index contributed by atoms with van der Waals surface area (Å²) in [5, 5.41) is 2.85. The summed E-state index contributed by atoms with van der Waals surface area (Å²) in [5.41, 5.74) is 2.83. The molecule has 0 fully saturated rings. The predicted octanol–water partition coefficient (Wildman–Crippen LogP) is 4.45. The Hall–Kier alpha value is -3.85. The summed E-state index contributed by atoms with van der Waals surface area (Å²) in [6.45, 7) is 8.67. The number of nitrogens with one attached hydrogen (secondary N) is 1. The molecule has 3 aromatic rings. The summed E-state index contributed by atoms with van der Waals surface area (Å²) in [6, 6.07) is 19.6. The number of carbonyl (C=O) groups excluding carboxylic acids is 2. The van der Waals surface area contributed by atoms with Crippen molar-refractivity contribution in [2.24, 2.45) is 0 Å². The standard InChI is InChI=1S/C30H37N3O5S/c1-21(2)31-30(35)24(5)32(19-25-11-10-12-26(18-25)38-6)29(34)20-33(28-16-15-22(3)17-23(28)4)39(36,37)27-13-8-7-9-14-27/h7-18,21,24H,19-20H2,1-6H3,(H,31,35). The van der Waals surface area contributed by atoms with Gasteiger partial charge in [0, 0.05) is 12.6 Å². The number of methoxy groups -OCH3 is 1. The predicted molar refractivity (Wildman–Crippen MR) is 153 cm³/mol. The van der Waals surface area contributed by atoms with E-state index in [9.17, 15) is 18.0 Å². The number of ether oxygens (including phenoxy) is 1. The zero-order valence-corrected chi connectivity index (χ0v) is 24.2. The van der Waals surface area contributed by atoms with Crippen LogP contribution in [0.25, 0.3) is 0 Å². The number of aryl methyl sites for hydroxylation is 2. The molecule has 208 valence electrons. The molecule has 3 aromatic carbocycles. The first-order chi connectivity index (χ1) is 18.4. The van der Waals surface area contributed by atoms with Crippen LogP contribution in [0.4, 0.5) is 5.69 Å². The van der Waals surface area contributed by atoms with Gasteiger partial charge in [-0.3, -0.25) is 13.9 Å². The van der Waals surface area contributed by atoms with Gasteiger partial charge in [-0.25, -0.2) is 8.42 Å². The lowest BCUT2D eigenvalue weighted by molar-refractivity contribution is -0.139. The van der Waals surface area contributed by atoms with E-state index in [4.69, 9.17) is 4.74 Å². The van der Waals surface area contributed by atoms with Crippen molar-refractivity contribution in [2.75, 3.05) is 18.0 Å². The molecule has 0 heterocycles. The summed E-state index contributed by atoms with van der Waals surface area (Å²) in [6.07, 6.45) is 0. The molecule has 0 radical (unpaired) electrons. The molecular weight excluding hydrogens is 514 g/mol. The molecule has 8 nitrogen and oxygen atoms in total. The van der Waals surface area contributed by atoms with Crippen molar-refractivity contribution in [2.45, 2.75) is 58.1 Å². The van der Waals surface area contributed by atoms with E-state index in [1.165, 1.54) is 17.0 Å². The Kier molecular flexibility index (Phi) is 9.75. The van der Waals surface area contributed by atoms with Crippen LogP contribution in [0.5, 0.6) is 5.75 Å². The number of rotatable bonds is 11. The van der Waals surface area contributed by atoms with Crippen molar-refractivity contribution >= 4 is 27.5 Å². The monoisotopic (exact) mass is 551 g/mol. The highest BCUT2D eigenvalue weighted by atomic mass is 32.2. The van der Waals surface area contributed by atoms with E-state index >= 15 is 0 Å². The molecule has 0 bridgehead atoms. The fourth-order valence-corrected chi connectivity index (χ4v) is 5.77. The second-order valence-corrected chi connectivity index (χ2v) is 11.7. The van der Waals surface area contributed by atoms with Gasteiger partial charge in [0.25, 0.3) is 10.0 Å². The van der Waals surface area contributed by atoms with E-state index in [1.54, 1.807) is 56.5 Å². The minimum atomic E-state index is -4.10. The van der Waals surface area contributed by atoms with Crippen LogP contribution in [-0.4, -0.2) is 50.9 Å². The van der Waals surface area contributed by atoms with Crippen LogP contribution in [0.3, 0.4) is 0 Å². The molecular formula is C30H37N3O5S. The number of amides is 2. The first kappa shape index (κ1) is 29.7. The number of hydrogen-bond donors (Lipinski definition) is 1. The number of hydrogen-bond acceptors (Lipinski definition) is 5. The van der Waals surface area contributed by atoms with Gasteiger partial charge in [0.05, 0.1) is 17.7 Å². The highest BCUT2D eigenvalue weighted by Crippen LogP contribution is 2.28. The van der Waals surface area contributed by atoms with Crippen molar-refractivity contribution in [3.05, 3.63) is 89.5 Å². The molecule has 1 unspecified atom stereocenters. The Morgan fingerprint density at radius 3 is 2.23 bits per heavy atom. The topological polar surface area (TPSA) is 96.0 Å². The molecule has 0 spiro atoms. The Labute approximate surface area is 231 Å². The zero-order valence-electron chi connectivity index (χ0n) is 23.3. The first-order valence-corrected chi connectivity index (χ1v) is 14.3. The molecule has 1 atom stereocenters. The van der Waals surface area contributed by atoms with Crippen LogP contribution >= 0.6 is 0 Å². The smallest absolute Gasteiger partial charge is 0.264 e. The maximum Gasteiger partial charge on any atom is 0.264 e. The largest absolute Gasteiger partial charge is 0.497 e. The fraction of sp³-hybridized carbons (Fsp3) is 0.333. The van der Waals surface area contributed by atoms with Gasteiger partial charge in [-0.2, -0.15) is 0 Å². The van der Waals surface area contributed by atoms with Crippen molar-refractivity contribution in [1.82, 2.24) is 10.2 Å². The second-order valence-electron chi connectivity index (χ2n) is 9.83. The summed E-state index contributed by atoms with van der Waals surface area (Å²) in [5.74, 6) is -0.225. The van der Waals surface area contributed by atoms with E-state index < -0.39 is 28.5 Å². The summed E-state index contributed by atoms with van der Waals surface area (Å²) in [4.78, 5) is 28.5. The molecule has 1 N–H and O–H groups in total. The summed E-state index contributed by atoms with van der Waals surface area (Å²) >= 11 is 0.